The van der Waals surface area contributed by atoms with Crippen molar-refractivity contribution >= 4 is 19.8 Å². The van der Waals surface area contributed by atoms with E-state index < -0.39 is 26.5 Å². The van der Waals surface area contributed by atoms with Gasteiger partial charge in [-0.15, -0.1) is 0 Å². The van der Waals surface area contributed by atoms with Crippen molar-refractivity contribution in [2.75, 3.05) is 26.4 Å². The molecule has 2 atom stereocenters. The molecule has 2 unspecified atom stereocenters. The minimum Gasteiger partial charge on any atom is -0.462 e. The second-order valence-corrected chi connectivity index (χ2v) is 23.4. The summed E-state index contributed by atoms with van der Waals surface area (Å²) in [5.74, 6) is -0.830. The molecule has 0 aromatic heterocycles. The highest BCUT2D eigenvalue weighted by Crippen LogP contribution is 2.43. The van der Waals surface area contributed by atoms with Crippen LogP contribution in [0.4, 0.5) is 0 Å². The summed E-state index contributed by atoms with van der Waals surface area (Å²) >= 11 is 0. The fourth-order valence-corrected chi connectivity index (χ4v) is 10.3. The molecular weight excluding hydrogens is 966 g/mol. The van der Waals surface area contributed by atoms with Crippen molar-refractivity contribution in [1.82, 2.24) is 0 Å². The lowest BCUT2D eigenvalue weighted by molar-refractivity contribution is -0.161. The number of allylic oxidation sites excluding steroid dienone is 8. The second-order valence-electron chi connectivity index (χ2n) is 22.0. The largest absolute Gasteiger partial charge is 0.472 e. The molecular formula is C66H124NO8P. The van der Waals surface area contributed by atoms with Crippen LogP contribution >= 0.6 is 7.82 Å². The Morgan fingerprint density at radius 2 is 0.684 bits per heavy atom. The second kappa shape index (κ2) is 62.2. The zero-order chi connectivity index (χ0) is 55.2. The maximum Gasteiger partial charge on any atom is 0.472 e. The van der Waals surface area contributed by atoms with Crippen molar-refractivity contribution in [3.05, 3.63) is 48.6 Å². The molecule has 0 aliphatic rings. The van der Waals surface area contributed by atoms with Gasteiger partial charge in [0, 0.05) is 19.4 Å². The molecule has 0 aliphatic heterocycles. The van der Waals surface area contributed by atoms with Crippen LogP contribution in [0.1, 0.15) is 328 Å². The minimum absolute atomic E-state index is 0.0523. The topological polar surface area (TPSA) is 134 Å². The van der Waals surface area contributed by atoms with Gasteiger partial charge in [0.25, 0.3) is 0 Å². The Balaban J connectivity index is 3.76. The molecule has 9 nitrogen and oxygen atoms in total. The first-order chi connectivity index (χ1) is 37.3. The van der Waals surface area contributed by atoms with Crippen molar-refractivity contribution < 1.29 is 37.6 Å². The predicted octanol–water partition coefficient (Wildman–Crippen LogP) is 20.9. The van der Waals surface area contributed by atoms with E-state index in [0.717, 1.165) is 64.2 Å². The van der Waals surface area contributed by atoms with Gasteiger partial charge in [0.1, 0.15) is 6.61 Å². The van der Waals surface area contributed by atoms with E-state index in [-0.39, 0.29) is 38.6 Å². The van der Waals surface area contributed by atoms with E-state index in [9.17, 15) is 19.0 Å². The Hall–Kier alpha value is -2.03. The van der Waals surface area contributed by atoms with Gasteiger partial charge in [-0.1, -0.05) is 287 Å². The number of unbranched alkanes of at least 4 members (excludes halogenated alkanes) is 41. The molecule has 0 rings (SSSR count). The number of esters is 2. The lowest BCUT2D eigenvalue weighted by atomic mass is 10.0. The number of carbonyl (C=O) groups is 2. The number of phosphoric acid groups is 1. The van der Waals surface area contributed by atoms with Gasteiger partial charge in [0.2, 0.25) is 0 Å². The molecule has 0 radical (unpaired) electrons. The van der Waals surface area contributed by atoms with Crippen LogP contribution in [0.15, 0.2) is 48.6 Å². The van der Waals surface area contributed by atoms with Crippen LogP contribution in [0.5, 0.6) is 0 Å². The average molecular weight is 1090 g/mol. The molecule has 0 spiro atoms. The zero-order valence-corrected chi connectivity index (χ0v) is 50.9. The summed E-state index contributed by atoms with van der Waals surface area (Å²) in [4.78, 5) is 35.2. The monoisotopic (exact) mass is 1090 g/mol. The smallest absolute Gasteiger partial charge is 0.462 e. The standard InChI is InChI=1S/C66H124NO8P/c1-3-5-7-9-11-13-15-17-19-21-22-23-24-25-26-27-28-29-30-31-32-33-34-35-36-37-38-39-40-41-42-43-45-47-49-51-53-55-57-59-66(69)75-64(63-74-76(70,71)73-61-60-67)62-72-65(68)58-56-54-52-50-48-46-44-20-18-16-14-12-10-8-6-4-2/h14-17,20-22,44,64H,3-13,18-19,23-43,45-63,67H2,1-2H3,(H,70,71)/b16-14-,17-15-,22-21-,44-20-. The molecule has 0 saturated heterocycles. The van der Waals surface area contributed by atoms with Gasteiger partial charge in [-0.3, -0.25) is 18.6 Å². The molecule has 0 heterocycles. The summed E-state index contributed by atoms with van der Waals surface area (Å²) in [6.45, 7) is 3.74. The fraction of sp³-hybridized carbons (Fsp3) is 0.848. The van der Waals surface area contributed by atoms with Gasteiger partial charge >= 0.3 is 19.8 Å². The van der Waals surface area contributed by atoms with Crippen molar-refractivity contribution in [3.63, 3.8) is 0 Å². The third-order valence-corrected chi connectivity index (χ3v) is 15.4. The van der Waals surface area contributed by atoms with E-state index in [4.69, 9.17) is 24.3 Å². The van der Waals surface area contributed by atoms with E-state index in [1.165, 1.54) is 231 Å². The highest BCUT2D eigenvalue weighted by molar-refractivity contribution is 7.47. The lowest BCUT2D eigenvalue weighted by Crippen LogP contribution is -2.29. The first kappa shape index (κ1) is 74.0. The van der Waals surface area contributed by atoms with E-state index in [1.807, 2.05) is 0 Å². The fourth-order valence-electron chi connectivity index (χ4n) is 9.58. The van der Waals surface area contributed by atoms with Gasteiger partial charge in [0.15, 0.2) is 6.10 Å². The van der Waals surface area contributed by atoms with Gasteiger partial charge in [-0.2, -0.15) is 0 Å². The molecule has 446 valence electrons. The summed E-state index contributed by atoms with van der Waals surface area (Å²) in [5.41, 5.74) is 5.38. The number of hydrogen-bond acceptors (Lipinski definition) is 8. The SMILES string of the molecule is CCCCCC/C=C\C/C=C\CCCCCCCC(=O)OCC(COP(=O)(O)OCCN)OC(=O)CCCCCCCCCCCCCCCCCCCCCCCCCCCCC/C=C\C/C=C\CCCCCCC. The maximum absolute atomic E-state index is 12.7. The summed E-state index contributed by atoms with van der Waals surface area (Å²) < 4.78 is 33.0. The Labute approximate surface area is 470 Å². The zero-order valence-electron chi connectivity index (χ0n) is 50.0. The third kappa shape index (κ3) is 61.2. The molecule has 0 aromatic carbocycles. The Morgan fingerprint density at radius 3 is 1.01 bits per heavy atom. The Morgan fingerprint density at radius 1 is 0.395 bits per heavy atom. The Kier molecular flexibility index (Phi) is 60.5. The highest BCUT2D eigenvalue weighted by atomic mass is 31.2. The third-order valence-electron chi connectivity index (χ3n) is 14.4. The number of phosphoric ester groups is 1. The molecule has 3 N–H and O–H groups in total. The average Bonchev–Trinajstić information content (AvgIpc) is 3.41. The van der Waals surface area contributed by atoms with E-state index in [2.05, 4.69) is 62.5 Å². The minimum atomic E-state index is -4.39. The number of carbonyl (C=O) groups excluding carboxylic acids is 2. The van der Waals surface area contributed by atoms with Gasteiger partial charge in [-0.05, 0) is 77.0 Å². The molecule has 0 fully saturated rings. The molecule has 0 bridgehead atoms. The lowest BCUT2D eigenvalue weighted by Gasteiger charge is -2.19. The normalized spacial score (nSPS) is 13.3. The van der Waals surface area contributed by atoms with E-state index in [1.54, 1.807) is 0 Å². The molecule has 0 aromatic rings. The Bertz CT molecular complexity index is 1380. The van der Waals surface area contributed by atoms with Crippen LogP contribution in [0.2, 0.25) is 0 Å². The van der Waals surface area contributed by atoms with Crippen LogP contribution in [0.3, 0.4) is 0 Å². The molecule has 0 saturated carbocycles. The summed E-state index contributed by atoms with van der Waals surface area (Å²) in [6, 6.07) is 0. The number of ether oxygens (including phenoxy) is 2. The van der Waals surface area contributed by atoms with E-state index in [0.29, 0.717) is 6.42 Å². The predicted molar refractivity (Wildman–Crippen MR) is 326 cm³/mol. The number of nitrogens with two attached hydrogens (primary N) is 1. The van der Waals surface area contributed by atoms with Crippen molar-refractivity contribution in [2.24, 2.45) is 5.73 Å². The van der Waals surface area contributed by atoms with Crippen LogP contribution in [-0.4, -0.2) is 49.3 Å². The van der Waals surface area contributed by atoms with E-state index >= 15 is 0 Å². The van der Waals surface area contributed by atoms with Crippen molar-refractivity contribution in [3.8, 4) is 0 Å². The first-order valence-corrected chi connectivity index (χ1v) is 34.1. The summed E-state index contributed by atoms with van der Waals surface area (Å²) in [7, 11) is -4.39. The van der Waals surface area contributed by atoms with Crippen LogP contribution in [-0.2, 0) is 32.7 Å². The van der Waals surface area contributed by atoms with Gasteiger partial charge < -0.3 is 20.1 Å². The molecule has 0 aliphatic carbocycles. The molecule has 76 heavy (non-hydrogen) atoms. The van der Waals surface area contributed by atoms with Gasteiger partial charge in [0.05, 0.1) is 13.2 Å². The quantitative estimate of drug-likeness (QED) is 0.0264. The maximum atomic E-state index is 12.7. The number of hydrogen-bond donors (Lipinski definition) is 2. The van der Waals surface area contributed by atoms with Crippen LogP contribution < -0.4 is 5.73 Å². The van der Waals surface area contributed by atoms with Gasteiger partial charge in [-0.25, -0.2) is 4.57 Å². The van der Waals surface area contributed by atoms with Crippen LogP contribution in [0, 0.1) is 0 Å². The summed E-state index contributed by atoms with van der Waals surface area (Å²) in [5, 5.41) is 0. The molecule has 10 heteroatoms. The number of rotatable bonds is 62. The summed E-state index contributed by atoms with van der Waals surface area (Å²) in [6.07, 6.45) is 77.9. The highest BCUT2D eigenvalue weighted by Gasteiger charge is 2.26. The van der Waals surface area contributed by atoms with Crippen molar-refractivity contribution in [1.29, 1.82) is 0 Å². The first-order valence-electron chi connectivity index (χ1n) is 32.6. The van der Waals surface area contributed by atoms with Crippen molar-refractivity contribution in [2.45, 2.75) is 335 Å². The molecule has 0 amide bonds. The van der Waals surface area contributed by atoms with Crippen LogP contribution in [0.25, 0.3) is 0 Å².